The number of carbonyl (C=O) groups excluding carboxylic acids is 2. The summed E-state index contributed by atoms with van der Waals surface area (Å²) in [6.07, 6.45) is 2.93. The lowest BCUT2D eigenvalue weighted by Gasteiger charge is -2.34. The Morgan fingerprint density at radius 3 is 2.45 bits per heavy atom. The molecule has 0 unspecified atom stereocenters. The van der Waals surface area contributed by atoms with Gasteiger partial charge < -0.3 is 15.0 Å². The monoisotopic (exact) mass is 440 g/mol. The van der Waals surface area contributed by atoms with Gasteiger partial charge in [0.15, 0.2) is 0 Å². The number of hydrogen-bond acceptors (Lipinski definition) is 4. The molecule has 2 amide bonds. The van der Waals surface area contributed by atoms with Crippen molar-refractivity contribution in [2.75, 3.05) is 31.6 Å². The molecule has 5 nitrogen and oxygen atoms in total. The summed E-state index contributed by atoms with van der Waals surface area (Å²) in [5.41, 5.74) is 3.78. The normalized spacial score (nSPS) is 19.1. The van der Waals surface area contributed by atoms with Crippen molar-refractivity contribution >= 4 is 28.2 Å². The molecule has 1 fully saturated rings. The Morgan fingerprint density at radius 1 is 1.13 bits per heavy atom. The van der Waals surface area contributed by atoms with Gasteiger partial charge in [-0.1, -0.05) is 38.5 Å². The molecule has 2 aromatic rings. The van der Waals surface area contributed by atoms with Crippen molar-refractivity contribution in [3.8, 4) is 0 Å². The van der Waals surface area contributed by atoms with Gasteiger partial charge in [0.2, 0.25) is 0 Å². The minimum Gasteiger partial charge on any atom is -0.378 e. The Morgan fingerprint density at radius 2 is 1.81 bits per heavy atom. The number of ether oxygens (including phenoxy) is 1. The molecule has 0 bridgehead atoms. The maximum atomic E-state index is 13.5. The van der Waals surface area contributed by atoms with Gasteiger partial charge in [-0.15, -0.1) is 11.3 Å². The fourth-order valence-electron chi connectivity index (χ4n) is 4.44. The minimum absolute atomic E-state index is 0.0224. The Labute approximate surface area is 188 Å². The first-order chi connectivity index (χ1) is 14.7. The summed E-state index contributed by atoms with van der Waals surface area (Å²) in [6, 6.07) is 7.53. The van der Waals surface area contributed by atoms with Gasteiger partial charge in [0.1, 0.15) is 5.00 Å². The van der Waals surface area contributed by atoms with Crippen LogP contribution in [0.15, 0.2) is 24.3 Å². The van der Waals surface area contributed by atoms with Crippen LogP contribution >= 0.6 is 11.3 Å². The Hall–Kier alpha value is -2.18. The molecule has 6 heteroatoms. The Kier molecular flexibility index (Phi) is 6.22. The predicted molar refractivity (Wildman–Crippen MR) is 125 cm³/mol. The van der Waals surface area contributed by atoms with Gasteiger partial charge in [-0.3, -0.25) is 9.59 Å². The number of fused-ring (bicyclic) bond motifs is 1. The van der Waals surface area contributed by atoms with Crippen LogP contribution in [0.25, 0.3) is 0 Å². The Balaban J connectivity index is 1.67. The number of nitrogens with zero attached hydrogens (tertiary/aromatic N) is 1. The van der Waals surface area contributed by atoms with Gasteiger partial charge in [0, 0.05) is 23.5 Å². The fraction of sp³-hybridized carbons (Fsp3) is 0.520. The molecule has 0 radical (unpaired) electrons. The van der Waals surface area contributed by atoms with Crippen molar-refractivity contribution in [3.05, 3.63) is 51.4 Å². The third-order valence-electron chi connectivity index (χ3n) is 6.54. The maximum absolute atomic E-state index is 13.5. The van der Waals surface area contributed by atoms with E-state index in [0.29, 0.717) is 48.3 Å². The van der Waals surface area contributed by atoms with E-state index in [4.69, 9.17) is 4.74 Å². The molecule has 166 valence electrons. The molecule has 4 rings (SSSR count). The molecular weight excluding hydrogens is 408 g/mol. The molecule has 2 aliphatic rings. The summed E-state index contributed by atoms with van der Waals surface area (Å²) in [5.74, 6) is 0.432. The van der Waals surface area contributed by atoms with Crippen LogP contribution in [0.5, 0.6) is 0 Å². The van der Waals surface area contributed by atoms with Crippen LogP contribution in [-0.4, -0.2) is 43.0 Å². The van der Waals surface area contributed by atoms with E-state index in [1.165, 1.54) is 4.88 Å². The lowest BCUT2D eigenvalue weighted by molar-refractivity contribution is 0.0303. The lowest BCUT2D eigenvalue weighted by Crippen LogP contribution is -2.41. The Bertz CT molecular complexity index is 966. The minimum atomic E-state index is -0.165. The summed E-state index contributed by atoms with van der Waals surface area (Å²) in [4.78, 5) is 29.6. The van der Waals surface area contributed by atoms with E-state index in [2.05, 4.69) is 26.1 Å². The third-order valence-corrected chi connectivity index (χ3v) is 7.71. The van der Waals surface area contributed by atoms with Crippen molar-refractivity contribution in [3.63, 3.8) is 0 Å². The second-order valence-electron chi connectivity index (χ2n) is 9.74. The highest BCUT2D eigenvalue weighted by atomic mass is 32.1. The SMILES string of the molecule is Cc1ccc(C(=O)Nc2sc3c(c2C(=O)N2CCOCC2)CC[C@H](C(C)(C)C)C3)cc1. The molecule has 1 saturated heterocycles. The van der Waals surface area contributed by atoms with Crippen molar-refractivity contribution in [1.82, 2.24) is 4.90 Å². The molecule has 31 heavy (non-hydrogen) atoms. The van der Waals surface area contributed by atoms with Crippen LogP contribution in [0, 0.1) is 18.3 Å². The molecular formula is C25H32N2O3S. The smallest absolute Gasteiger partial charge is 0.257 e. The van der Waals surface area contributed by atoms with Gasteiger partial charge in [0.05, 0.1) is 18.8 Å². The molecule has 1 aliphatic heterocycles. The highest BCUT2D eigenvalue weighted by molar-refractivity contribution is 7.17. The van der Waals surface area contributed by atoms with Gasteiger partial charge in [0.25, 0.3) is 11.8 Å². The van der Waals surface area contributed by atoms with Gasteiger partial charge in [-0.2, -0.15) is 0 Å². The number of carbonyl (C=O) groups is 2. The number of hydrogen-bond donors (Lipinski definition) is 1. The van der Waals surface area contributed by atoms with E-state index in [-0.39, 0.29) is 17.2 Å². The van der Waals surface area contributed by atoms with E-state index >= 15 is 0 Å². The van der Waals surface area contributed by atoms with Crippen LogP contribution in [0.4, 0.5) is 5.00 Å². The molecule has 0 saturated carbocycles. The predicted octanol–water partition coefficient (Wildman–Crippen LogP) is 4.93. The van der Waals surface area contributed by atoms with Gasteiger partial charge >= 0.3 is 0 Å². The van der Waals surface area contributed by atoms with Crippen LogP contribution in [0.1, 0.15) is 63.9 Å². The van der Waals surface area contributed by atoms with E-state index < -0.39 is 0 Å². The largest absolute Gasteiger partial charge is 0.378 e. The quantitative estimate of drug-likeness (QED) is 0.736. The first-order valence-electron chi connectivity index (χ1n) is 11.1. The molecule has 1 aromatic heterocycles. The highest BCUT2D eigenvalue weighted by Crippen LogP contribution is 2.44. The number of amides is 2. The number of anilines is 1. The lowest BCUT2D eigenvalue weighted by atomic mass is 9.72. The van der Waals surface area contributed by atoms with Crippen molar-refractivity contribution in [2.24, 2.45) is 11.3 Å². The third kappa shape index (κ3) is 4.70. The maximum Gasteiger partial charge on any atom is 0.257 e. The zero-order valence-corrected chi connectivity index (χ0v) is 19.7. The van der Waals surface area contributed by atoms with E-state index in [1.807, 2.05) is 36.1 Å². The van der Waals surface area contributed by atoms with Crippen LogP contribution in [-0.2, 0) is 17.6 Å². The number of rotatable bonds is 3. The second kappa shape index (κ2) is 8.75. The van der Waals surface area contributed by atoms with Crippen molar-refractivity contribution < 1.29 is 14.3 Å². The van der Waals surface area contributed by atoms with E-state index in [9.17, 15) is 9.59 Å². The number of nitrogens with one attached hydrogen (secondary N) is 1. The van der Waals surface area contributed by atoms with E-state index in [0.717, 1.165) is 30.4 Å². The topological polar surface area (TPSA) is 58.6 Å². The first-order valence-corrected chi connectivity index (χ1v) is 12.0. The van der Waals surface area contributed by atoms with E-state index in [1.54, 1.807) is 11.3 Å². The fourth-order valence-corrected chi connectivity index (χ4v) is 5.76. The summed E-state index contributed by atoms with van der Waals surface area (Å²) >= 11 is 1.59. The molecule has 1 atom stereocenters. The molecule has 2 heterocycles. The van der Waals surface area contributed by atoms with Crippen LogP contribution < -0.4 is 5.32 Å². The van der Waals surface area contributed by atoms with Gasteiger partial charge in [-0.05, 0) is 55.2 Å². The number of morpholine rings is 1. The number of aryl methyl sites for hydroxylation is 1. The molecule has 0 spiro atoms. The molecule has 1 aromatic carbocycles. The zero-order chi connectivity index (χ0) is 22.2. The van der Waals surface area contributed by atoms with Crippen LogP contribution in [0.3, 0.4) is 0 Å². The number of benzene rings is 1. The van der Waals surface area contributed by atoms with Crippen molar-refractivity contribution in [1.29, 1.82) is 0 Å². The zero-order valence-electron chi connectivity index (χ0n) is 18.9. The highest BCUT2D eigenvalue weighted by Gasteiger charge is 2.35. The van der Waals surface area contributed by atoms with Crippen molar-refractivity contribution in [2.45, 2.75) is 47.0 Å². The average Bonchev–Trinajstić information content (AvgIpc) is 3.10. The number of thiophene rings is 1. The molecule has 1 aliphatic carbocycles. The summed E-state index contributed by atoms with van der Waals surface area (Å²) in [7, 11) is 0. The summed E-state index contributed by atoms with van der Waals surface area (Å²) in [6.45, 7) is 11.2. The van der Waals surface area contributed by atoms with Crippen LogP contribution in [0.2, 0.25) is 0 Å². The second-order valence-corrected chi connectivity index (χ2v) is 10.8. The summed E-state index contributed by atoms with van der Waals surface area (Å²) < 4.78 is 5.43. The summed E-state index contributed by atoms with van der Waals surface area (Å²) in [5, 5.41) is 3.77. The van der Waals surface area contributed by atoms with Gasteiger partial charge in [-0.25, -0.2) is 0 Å². The average molecular weight is 441 g/mol. The standard InChI is InChI=1S/C25H32N2O3S/c1-16-5-7-17(8-6-16)22(28)26-23-21(24(29)27-11-13-30-14-12-27)19-10-9-18(25(2,3)4)15-20(19)31-23/h5-8,18H,9-15H2,1-4H3,(H,26,28)/t18-/m0/s1. The molecule has 1 N–H and O–H groups in total. The first kappa shape index (κ1) is 22.0.